The second-order valence-electron chi connectivity index (χ2n) is 5.64. The molecule has 0 amide bonds. The highest BCUT2D eigenvalue weighted by molar-refractivity contribution is 14.1. The van der Waals surface area contributed by atoms with Crippen molar-refractivity contribution >= 4 is 61.5 Å². The Morgan fingerprint density at radius 2 is 1.85 bits per heavy atom. The van der Waals surface area contributed by atoms with Crippen LogP contribution in [0.4, 0.5) is 5.69 Å². The Morgan fingerprint density at radius 3 is 2.65 bits per heavy atom. The number of phenolic OH excluding ortho intramolecular Hbond substituents is 1. The summed E-state index contributed by atoms with van der Waals surface area (Å²) in [5.41, 5.74) is 3.76. The van der Waals surface area contributed by atoms with Crippen LogP contribution in [0.15, 0.2) is 74.5 Å². The van der Waals surface area contributed by atoms with Gasteiger partial charge in [-0.05, 0) is 83.3 Å². The van der Waals surface area contributed by atoms with E-state index in [9.17, 15) is 5.11 Å². The fourth-order valence-corrected chi connectivity index (χ4v) is 3.22. The third kappa shape index (κ3) is 3.66. The Kier molecular flexibility index (Phi) is 4.78. The number of fused-ring (bicyclic) bond motifs is 1. The predicted molar refractivity (Wildman–Crippen MR) is 115 cm³/mol. The quantitative estimate of drug-likeness (QED) is 0.255. The van der Waals surface area contributed by atoms with Crippen molar-refractivity contribution in [2.45, 2.75) is 0 Å². The van der Waals surface area contributed by atoms with Crippen LogP contribution in [0.25, 0.3) is 22.6 Å². The molecule has 4 aromatic rings. The summed E-state index contributed by atoms with van der Waals surface area (Å²) < 4.78 is 7.88. The summed E-state index contributed by atoms with van der Waals surface area (Å²) in [6.45, 7) is 0. The van der Waals surface area contributed by atoms with Crippen LogP contribution in [0.5, 0.6) is 5.75 Å². The van der Waals surface area contributed by atoms with Crippen LogP contribution in [0.2, 0.25) is 0 Å². The zero-order chi connectivity index (χ0) is 18.1. The van der Waals surface area contributed by atoms with Crippen molar-refractivity contribution in [3.05, 3.63) is 74.3 Å². The number of aromatic hydroxyl groups is 1. The second-order valence-corrected chi connectivity index (χ2v) is 7.80. The molecule has 0 bridgehead atoms. The molecule has 4 rings (SSSR count). The monoisotopic (exact) mass is 518 g/mol. The summed E-state index contributed by atoms with van der Waals surface area (Å²) in [6.07, 6.45) is 1.63. The van der Waals surface area contributed by atoms with Gasteiger partial charge in [-0.1, -0.05) is 15.9 Å². The van der Waals surface area contributed by atoms with Gasteiger partial charge in [-0.2, -0.15) is 0 Å². The normalized spacial score (nSPS) is 11.5. The van der Waals surface area contributed by atoms with E-state index < -0.39 is 0 Å². The van der Waals surface area contributed by atoms with E-state index in [0.717, 1.165) is 24.8 Å². The molecule has 1 N–H and O–H groups in total. The maximum atomic E-state index is 9.89. The van der Waals surface area contributed by atoms with E-state index in [4.69, 9.17) is 4.42 Å². The zero-order valence-electron chi connectivity index (χ0n) is 13.4. The number of phenols is 1. The number of benzene rings is 3. The predicted octanol–water partition coefficient (Wildman–Crippen LogP) is 6.32. The standard InChI is InChI=1S/C20H12BrIN2O2/c21-14-3-7-18(25)13(9-14)11-23-16-6-8-19-17(10-16)24-20(26-19)12-1-4-15(22)5-2-12/h1-11,25H. The summed E-state index contributed by atoms with van der Waals surface area (Å²) in [5, 5.41) is 9.89. The molecule has 1 heterocycles. The van der Waals surface area contributed by atoms with Crippen LogP contribution in [0.3, 0.4) is 0 Å². The molecule has 26 heavy (non-hydrogen) atoms. The first-order chi connectivity index (χ1) is 12.6. The zero-order valence-corrected chi connectivity index (χ0v) is 17.1. The van der Waals surface area contributed by atoms with Crippen molar-refractivity contribution in [3.63, 3.8) is 0 Å². The Bertz CT molecular complexity index is 1120. The Hall–Kier alpha value is -2.19. The van der Waals surface area contributed by atoms with Crippen LogP contribution in [-0.4, -0.2) is 16.3 Å². The van der Waals surface area contributed by atoms with Crippen molar-refractivity contribution in [3.8, 4) is 17.2 Å². The number of oxazole rings is 1. The van der Waals surface area contributed by atoms with Gasteiger partial charge in [0.15, 0.2) is 5.58 Å². The van der Waals surface area contributed by atoms with E-state index in [-0.39, 0.29) is 5.75 Å². The molecule has 6 heteroatoms. The molecule has 0 spiro atoms. The molecular formula is C20H12BrIN2O2. The lowest BCUT2D eigenvalue weighted by Crippen LogP contribution is -1.82. The highest BCUT2D eigenvalue weighted by Crippen LogP contribution is 2.28. The maximum absolute atomic E-state index is 9.89. The van der Waals surface area contributed by atoms with Gasteiger partial charge in [-0.3, -0.25) is 4.99 Å². The molecule has 0 fully saturated rings. The first kappa shape index (κ1) is 17.2. The third-order valence-electron chi connectivity index (χ3n) is 3.80. The summed E-state index contributed by atoms with van der Waals surface area (Å²) in [4.78, 5) is 8.99. The lowest BCUT2D eigenvalue weighted by molar-refractivity contribution is 0.474. The summed E-state index contributed by atoms with van der Waals surface area (Å²) in [5.74, 6) is 0.766. The van der Waals surface area contributed by atoms with E-state index in [1.807, 2.05) is 48.5 Å². The van der Waals surface area contributed by atoms with E-state index in [1.54, 1.807) is 18.3 Å². The molecule has 128 valence electrons. The number of nitrogens with zero attached hydrogens (tertiary/aromatic N) is 2. The van der Waals surface area contributed by atoms with Crippen molar-refractivity contribution in [1.29, 1.82) is 0 Å². The molecule has 0 aliphatic rings. The van der Waals surface area contributed by atoms with E-state index in [2.05, 4.69) is 48.5 Å². The number of hydrogen-bond donors (Lipinski definition) is 1. The Balaban J connectivity index is 1.66. The minimum Gasteiger partial charge on any atom is -0.507 e. The summed E-state index contributed by atoms with van der Waals surface area (Å²) in [7, 11) is 0. The molecule has 3 aromatic carbocycles. The van der Waals surface area contributed by atoms with Crippen LogP contribution in [0.1, 0.15) is 5.56 Å². The Labute approximate surface area is 171 Å². The molecule has 0 saturated carbocycles. The summed E-state index contributed by atoms with van der Waals surface area (Å²) >= 11 is 5.65. The van der Waals surface area contributed by atoms with Gasteiger partial charge < -0.3 is 9.52 Å². The van der Waals surface area contributed by atoms with E-state index in [1.165, 1.54) is 0 Å². The fraction of sp³-hybridized carbons (Fsp3) is 0. The molecule has 0 unspecified atom stereocenters. The van der Waals surface area contributed by atoms with Crippen LogP contribution in [-0.2, 0) is 0 Å². The lowest BCUT2D eigenvalue weighted by atomic mass is 10.2. The summed E-state index contributed by atoms with van der Waals surface area (Å²) in [6, 6.07) is 18.8. The van der Waals surface area contributed by atoms with Crippen molar-refractivity contribution in [1.82, 2.24) is 4.98 Å². The minimum atomic E-state index is 0.181. The average molecular weight is 519 g/mol. The largest absolute Gasteiger partial charge is 0.507 e. The maximum Gasteiger partial charge on any atom is 0.227 e. The van der Waals surface area contributed by atoms with Crippen molar-refractivity contribution in [2.24, 2.45) is 4.99 Å². The molecular weight excluding hydrogens is 507 g/mol. The Morgan fingerprint density at radius 1 is 1.04 bits per heavy atom. The number of hydrogen-bond acceptors (Lipinski definition) is 4. The van der Waals surface area contributed by atoms with Gasteiger partial charge in [-0.25, -0.2) is 4.98 Å². The molecule has 0 atom stereocenters. The van der Waals surface area contributed by atoms with Gasteiger partial charge in [0, 0.05) is 25.4 Å². The smallest absolute Gasteiger partial charge is 0.227 e. The molecule has 0 aliphatic carbocycles. The van der Waals surface area contributed by atoms with Gasteiger partial charge in [0.05, 0.1) is 5.69 Å². The van der Waals surface area contributed by atoms with Gasteiger partial charge in [0.2, 0.25) is 5.89 Å². The lowest BCUT2D eigenvalue weighted by Gasteiger charge is -1.99. The third-order valence-corrected chi connectivity index (χ3v) is 5.02. The molecule has 0 aliphatic heterocycles. The van der Waals surface area contributed by atoms with Gasteiger partial charge >= 0.3 is 0 Å². The molecule has 0 saturated heterocycles. The molecule has 0 radical (unpaired) electrons. The number of aliphatic imine (C=N–C) groups is 1. The molecule has 1 aromatic heterocycles. The van der Waals surface area contributed by atoms with Crippen LogP contribution in [0, 0.1) is 3.57 Å². The average Bonchev–Trinajstić information content (AvgIpc) is 3.06. The van der Waals surface area contributed by atoms with Crippen molar-refractivity contribution < 1.29 is 9.52 Å². The van der Waals surface area contributed by atoms with E-state index >= 15 is 0 Å². The fourth-order valence-electron chi connectivity index (χ4n) is 2.48. The van der Waals surface area contributed by atoms with Gasteiger partial charge in [0.25, 0.3) is 0 Å². The number of aromatic nitrogens is 1. The first-order valence-corrected chi connectivity index (χ1v) is 9.65. The van der Waals surface area contributed by atoms with Crippen molar-refractivity contribution in [2.75, 3.05) is 0 Å². The topological polar surface area (TPSA) is 58.6 Å². The second kappa shape index (κ2) is 7.20. The molecule has 4 nitrogen and oxygen atoms in total. The highest BCUT2D eigenvalue weighted by atomic mass is 127. The van der Waals surface area contributed by atoms with Gasteiger partial charge in [0.1, 0.15) is 11.3 Å². The van der Waals surface area contributed by atoms with E-state index in [0.29, 0.717) is 17.0 Å². The van der Waals surface area contributed by atoms with Gasteiger partial charge in [-0.15, -0.1) is 0 Å². The minimum absolute atomic E-state index is 0.181. The highest BCUT2D eigenvalue weighted by Gasteiger charge is 2.08. The van der Waals surface area contributed by atoms with Crippen LogP contribution >= 0.6 is 38.5 Å². The SMILES string of the molecule is Oc1ccc(Br)cc1C=Nc1ccc2oc(-c3ccc(I)cc3)nc2c1. The first-order valence-electron chi connectivity index (χ1n) is 7.77. The number of rotatable bonds is 3. The number of halogens is 2. The van der Waals surface area contributed by atoms with Crippen LogP contribution < -0.4 is 0 Å².